The molecular formula is C10H17N3O. The van der Waals surface area contributed by atoms with Crippen LogP contribution < -0.4 is 5.32 Å². The van der Waals surface area contributed by atoms with Gasteiger partial charge in [-0.2, -0.15) is 0 Å². The smallest absolute Gasteiger partial charge is 0.0925 e. The number of hydrogen-bond donors (Lipinski definition) is 3. The van der Waals surface area contributed by atoms with E-state index in [0.29, 0.717) is 5.92 Å². The minimum absolute atomic E-state index is 0.162. The van der Waals surface area contributed by atoms with Crippen molar-refractivity contribution in [1.29, 1.82) is 0 Å². The number of H-pyrrole nitrogens is 1. The van der Waals surface area contributed by atoms with Crippen molar-refractivity contribution >= 4 is 0 Å². The van der Waals surface area contributed by atoms with E-state index < -0.39 is 0 Å². The summed E-state index contributed by atoms with van der Waals surface area (Å²) in [5.41, 5.74) is 2.28. The highest BCUT2D eigenvalue weighted by Gasteiger charge is 2.29. The first-order valence-electron chi connectivity index (χ1n) is 5.11. The Labute approximate surface area is 83.8 Å². The molecule has 78 valence electrons. The summed E-state index contributed by atoms with van der Waals surface area (Å²) in [6.45, 7) is 4.51. The molecule has 2 heterocycles. The molecule has 1 aromatic heterocycles. The molecule has 0 amide bonds. The summed E-state index contributed by atoms with van der Waals surface area (Å²) in [5, 5.41) is 12.6. The Balaban J connectivity index is 2.27. The van der Waals surface area contributed by atoms with E-state index >= 15 is 0 Å². The molecule has 1 aromatic rings. The largest absolute Gasteiger partial charge is 0.395 e. The molecule has 0 bridgehead atoms. The quantitative estimate of drug-likeness (QED) is 0.648. The summed E-state index contributed by atoms with van der Waals surface area (Å²) in [4.78, 5) is 7.47. The first kappa shape index (κ1) is 9.68. The molecule has 2 rings (SSSR count). The third-order valence-electron chi connectivity index (χ3n) is 2.80. The Morgan fingerprint density at radius 1 is 1.64 bits per heavy atom. The van der Waals surface area contributed by atoms with Crippen molar-refractivity contribution in [2.75, 3.05) is 6.61 Å². The topological polar surface area (TPSA) is 60.9 Å². The van der Waals surface area contributed by atoms with E-state index in [4.69, 9.17) is 5.11 Å². The van der Waals surface area contributed by atoms with Crippen LogP contribution in [0.3, 0.4) is 0 Å². The van der Waals surface area contributed by atoms with Crippen LogP contribution in [0.2, 0.25) is 0 Å². The number of aliphatic hydroxyl groups excluding tert-OH is 1. The van der Waals surface area contributed by atoms with Crippen molar-refractivity contribution in [3.8, 4) is 0 Å². The molecule has 0 spiro atoms. The minimum Gasteiger partial charge on any atom is -0.395 e. The molecule has 4 heteroatoms. The second-order valence-electron chi connectivity index (χ2n) is 4.24. The van der Waals surface area contributed by atoms with Gasteiger partial charge in [0.05, 0.1) is 24.7 Å². The van der Waals surface area contributed by atoms with Crippen LogP contribution in [0.1, 0.15) is 31.3 Å². The number of hydrogen-bond acceptors (Lipinski definition) is 3. The zero-order chi connectivity index (χ0) is 10.1. The maximum atomic E-state index is 9.16. The number of fused-ring (bicyclic) bond motifs is 1. The van der Waals surface area contributed by atoms with Crippen LogP contribution >= 0.6 is 0 Å². The molecule has 2 atom stereocenters. The van der Waals surface area contributed by atoms with E-state index in [1.165, 1.54) is 5.69 Å². The van der Waals surface area contributed by atoms with Gasteiger partial charge in [0, 0.05) is 18.2 Å². The van der Waals surface area contributed by atoms with Gasteiger partial charge in [-0.1, -0.05) is 13.8 Å². The lowest BCUT2D eigenvalue weighted by atomic mass is 9.92. The van der Waals surface area contributed by atoms with Crippen molar-refractivity contribution in [3.63, 3.8) is 0 Å². The molecule has 4 nitrogen and oxygen atoms in total. The van der Waals surface area contributed by atoms with Crippen molar-refractivity contribution in [2.24, 2.45) is 5.92 Å². The normalized spacial score (nSPS) is 26.6. The standard InChI is InChI=1S/C10H17N3O/c1-6(2)9-10-8(11-5-12-10)3-7(4-14)13-9/h5-7,9,13-14H,3-4H2,1-2H3,(H,11,12). The lowest BCUT2D eigenvalue weighted by Crippen LogP contribution is -2.43. The Morgan fingerprint density at radius 3 is 3.07 bits per heavy atom. The second-order valence-corrected chi connectivity index (χ2v) is 4.24. The van der Waals surface area contributed by atoms with E-state index in [1.807, 2.05) is 0 Å². The van der Waals surface area contributed by atoms with Gasteiger partial charge in [0.2, 0.25) is 0 Å². The first-order chi connectivity index (χ1) is 6.72. The molecular weight excluding hydrogens is 178 g/mol. The third-order valence-corrected chi connectivity index (χ3v) is 2.80. The Hall–Kier alpha value is -0.870. The number of aromatic nitrogens is 2. The SMILES string of the molecule is CC(C)C1NC(CO)Cc2[nH]cnc21. The number of imidazole rings is 1. The van der Waals surface area contributed by atoms with Gasteiger partial charge in [0.25, 0.3) is 0 Å². The average molecular weight is 195 g/mol. The second kappa shape index (κ2) is 3.71. The molecule has 1 aliphatic rings. The zero-order valence-electron chi connectivity index (χ0n) is 8.62. The summed E-state index contributed by atoms with van der Waals surface area (Å²) >= 11 is 0. The van der Waals surface area contributed by atoms with Gasteiger partial charge in [-0.25, -0.2) is 4.98 Å². The fourth-order valence-corrected chi connectivity index (χ4v) is 2.03. The highest BCUT2D eigenvalue weighted by atomic mass is 16.3. The lowest BCUT2D eigenvalue weighted by molar-refractivity contribution is 0.207. The van der Waals surface area contributed by atoms with Gasteiger partial charge in [0.1, 0.15) is 0 Å². The highest BCUT2D eigenvalue weighted by molar-refractivity contribution is 5.21. The van der Waals surface area contributed by atoms with E-state index in [-0.39, 0.29) is 18.7 Å². The van der Waals surface area contributed by atoms with Crippen molar-refractivity contribution in [2.45, 2.75) is 32.4 Å². The summed E-state index contributed by atoms with van der Waals surface area (Å²) in [7, 11) is 0. The summed E-state index contributed by atoms with van der Waals surface area (Å²) in [6.07, 6.45) is 2.58. The summed E-state index contributed by atoms with van der Waals surface area (Å²) < 4.78 is 0. The average Bonchev–Trinajstić information content (AvgIpc) is 2.63. The van der Waals surface area contributed by atoms with Crippen molar-refractivity contribution < 1.29 is 5.11 Å². The van der Waals surface area contributed by atoms with Gasteiger partial charge in [0.15, 0.2) is 0 Å². The van der Waals surface area contributed by atoms with Gasteiger partial charge in [-0.3, -0.25) is 0 Å². The predicted molar refractivity (Wildman–Crippen MR) is 53.9 cm³/mol. The Bertz CT molecular complexity index is 308. The van der Waals surface area contributed by atoms with Crippen LogP contribution in [0.15, 0.2) is 6.33 Å². The molecule has 0 saturated heterocycles. The number of aromatic amines is 1. The van der Waals surface area contributed by atoms with E-state index in [9.17, 15) is 0 Å². The van der Waals surface area contributed by atoms with Crippen molar-refractivity contribution in [1.82, 2.24) is 15.3 Å². The molecule has 0 fully saturated rings. The molecule has 0 aliphatic carbocycles. The summed E-state index contributed by atoms with van der Waals surface area (Å²) in [6, 6.07) is 0.428. The highest BCUT2D eigenvalue weighted by Crippen LogP contribution is 2.27. The lowest BCUT2D eigenvalue weighted by Gasteiger charge is -2.31. The summed E-state index contributed by atoms with van der Waals surface area (Å²) in [5.74, 6) is 0.492. The van der Waals surface area contributed by atoms with Crippen LogP contribution in [0.4, 0.5) is 0 Å². The van der Waals surface area contributed by atoms with Crippen LogP contribution in [0.5, 0.6) is 0 Å². The fourth-order valence-electron chi connectivity index (χ4n) is 2.03. The van der Waals surface area contributed by atoms with Crippen LogP contribution in [0, 0.1) is 5.92 Å². The van der Waals surface area contributed by atoms with E-state index in [2.05, 4.69) is 29.1 Å². The van der Waals surface area contributed by atoms with Crippen LogP contribution in [-0.4, -0.2) is 27.7 Å². The third kappa shape index (κ3) is 1.55. The molecule has 14 heavy (non-hydrogen) atoms. The number of rotatable bonds is 2. The van der Waals surface area contributed by atoms with Crippen molar-refractivity contribution in [3.05, 3.63) is 17.7 Å². The maximum Gasteiger partial charge on any atom is 0.0925 e. The first-order valence-corrected chi connectivity index (χ1v) is 5.11. The van der Waals surface area contributed by atoms with Crippen LogP contribution in [-0.2, 0) is 6.42 Å². The number of nitrogens with zero attached hydrogens (tertiary/aromatic N) is 1. The minimum atomic E-state index is 0.162. The van der Waals surface area contributed by atoms with Gasteiger partial charge < -0.3 is 15.4 Å². The fraction of sp³-hybridized carbons (Fsp3) is 0.700. The van der Waals surface area contributed by atoms with E-state index in [1.54, 1.807) is 6.33 Å². The molecule has 3 N–H and O–H groups in total. The predicted octanol–water partition coefficient (Wildman–Crippen LogP) is 0.613. The molecule has 0 radical (unpaired) electrons. The number of aliphatic hydroxyl groups is 1. The maximum absolute atomic E-state index is 9.16. The zero-order valence-corrected chi connectivity index (χ0v) is 8.62. The number of nitrogens with one attached hydrogen (secondary N) is 2. The molecule has 1 aliphatic heterocycles. The molecule has 0 saturated carbocycles. The van der Waals surface area contributed by atoms with Crippen LogP contribution in [0.25, 0.3) is 0 Å². The van der Waals surface area contributed by atoms with Gasteiger partial charge in [-0.15, -0.1) is 0 Å². The Kier molecular flexibility index (Phi) is 2.56. The van der Waals surface area contributed by atoms with Gasteiger partial charge >= 0.3 is 0 Å². The van der Waals surface area contributed by atoms with E-state index in [0.717, 1.165) is 12.1 Å². The van der Waals surface area contributed by atoms with Gasteiger partial charge in [-0.05, 0) is 5.92 Å². The molecule has 2 unspecified atom stereocenters. The molecule has 0 aromatic carbocycles. The Morgan fingerprint density at radius 2 is 2.43 bits per heavy atom. The monoisotopic (exact) mass is 195 g/mol.